The fraction of sp³-hybridized carbons (Fsp3) is 0.533. The molecule has 24 heavy (non-hydrogen) atoms. The maximum atomic E-state index is 12.8. The van der Waals surface area contributed by atoms with Gasteiger partial charge >= 0.3 is 0 Å². The summed E-state index contributed by atoms with van der Waals surface area (Å²) in [6.07, 6.45) is 0.758. The summed E-state index contributed by atoms with van der Waals surface area (Å²) in [6.45, 7) is 6.62. The van der Waals surface area contributed by atoms with Crippen molar-refractivity contribution in [1.29, 1.82) is 0 Å². The molecule has 0 spiro atoms. The van der Waals surface area contributed by atoms with Crippen molar-refractivity contribution in [2.75, 3.05) is 19.7 Å². The lowest BCUT2D eigenvalue weighted by atomic mass is 10.1. The minimum absolute atomic E-state index is 0.135. The van der Waals surface area contributed by atoms with Gasteiger partial charge in [-0.05, 0) is 33.3 Å². The summed E-state index contributed by atoms with van der Waals surface area (Å²) in [6, 6.07) is 3.60. The van der Waals surface area contributed by atoms with Gasteiger partial charge in [0.05, 0.1) is 23.7 Å². The van der Waals surface area contributed by atoms with E-state index in [-0.39, 0.29) is 10.8 Å². The summed E-state index contributed by atoms with van der Waals surface area (Å²) >= 11 is 0. The second-order valence-corrected chi connectivity index (χ2v) is 7.98. The maximum Gasteiger partial charge on any atom is 0.246 e. The quantitative estimate of drug-likeness (QED) is 0.869. The largest absolute Gasteiger partial charge is 0.476 e. The van der Waals surface area contributed by atoms with Crippen molar-refractivity contribution in [3.05, 3.63) is 29.2 Å². The van der Waals surface area contributed by atoms with Gasteiger partial charge in [-0.3, -0.25) is 5.10 Å². The van der Waals surface area contributed by atoms with Crippen LogP contribution in [0.5, 0.6) is 5.88 Å². The molecule has 9 heteroatoms. The molecule has 1 aliphatic rings. The van der Waals surface area contributed by atoms with Crippen LogP contribution in [0.1, 0.15) is 23.5 Å². The van der Waals surface area contributed by atoms with Gasteiger partial charge in [-0.25, -0.2) is 8.42 Å². The number of hydrogen-bond acceptors (Lipinski definition) is 6. The topological polar surface area (TPSA) is 101 Å². The summed E-state index contributed by atoms with van der Waals surface area (Å²) in [7, 11) is -3.52. The summed E-state index contributed by atoms with van der Waals surface area (Å²) in [5, 5.41) is 14.6. The van der Waals surface area contributed by atoms with Gasteiger partial charge < -0.3 is 4.74 Å². The maximum absolute atomic E-state index is 12.8. The highest BCUT2D eigenvalue weighted by Gasteiger charge is 2.35. The Morgan fingerprint density at radius 2 is 2.08 bits per heavy atom. The Balaban J connectivity index is 1.64. The lowest BCUT2D eigenvalue weighted by molar-refractivity contribution is 0.244. The van der Waals surface area contributed by atoms with E-state index in [1.807, 2.05) is 13.0 Å². The lowest BCUT2D eigenvalue weighted by Gasteiger charge is -2.17. The molecule has 1 atom stereocenters. The molecule has 0 aliphatic carbocycles. The van der Waals surface area contributed by atoms with Crippen molar-refractivity contribution in [2.24, 2.45) is 5.92 Å². The number of aromatic amines is 1. The van der Waals surface area contributed by atoms with Crippen molar-refractivity contribution < 1.29 is 13.2 Å². The van der Waals surface area contributed by atoms with Gasteiger partial charge in [-0.2, -0.15) is 14.5 Å². The molecular formula is C15H21N5O3S. The monoisotopic (exact) mass is 351 g/mol. The third-order valence-electron chi connectivity index (χ3n) is 4.15. The first-order valence-corrected chi connectivity index (χ1v) is 9.27. The number of aryl methyl sites for hydroxylation is 3. The first kappa shape index (κ1) is 16.8. The third-order valence-corrected chi connectivity index (χ3v) is 6.28. The number of rotatable bonds is 5. The molecule has 0 radical (unpaired) electrons. The standard InChI is InChI=1S/C15H21N5O3S/c1-10-4-5-14(19-16-10)23-9-13-6-7-20(8-13)24(21,22)15-11(2)17-18-12(15)3/h4-5,13H,6-9H2,1-3H3,(H,17,18). The van der Waals surface area contributed by atoms with Crippen LogP contribution in [-0.2, 0) is 10.0 Å². The fourth-order valence-electron chi connectivity index (χ4n) is 2.87. The summed E-state index contributed by atoms with van der Waals surface area (Å²) in [4.78, 5) is 0.286. The Labute approximate surface area is 141 Å². The van der Waals surface area contributed by atoms with Gasteiger partial charge in [0.2, 0.25) is 15.9 Å². The number of ether oxygens (including phenoxy) is 1. The van der Waals surface area contributed by atoms with Crippen molar-refractivity contribution in [3.63, 3.8) is 0 Å². The molecule has 1 unspecified atom stereocenters. The van der Waals surface area contributed by atoms with E-state index in [9.17, 15) is 8.42 Å². The van der Waals surface area contributed by atoms with E-state index in [0.29, 0.717) is 37.0 Å². The van der Waals surface area contributed by atoms with E-state index in [1.54, 1.807) is 19.9 Å². The van der Waals surface area contributed by atoms with E-state index >= 15 is 0 Å². The zero-order valence-electron chi connectivity index (χ0n) is 14.0. The number of hydrogen-bond donors (Lipinski definition) is 1. The molecule has 1 N–H and O–H groups in total. The van der Waals surface area contributed by atoms with E-state index in [0.717, 1.165) is 12.1 Å². The van der Waals surface area contributed by atoms with Crippen molar-refractivity contribution >= 4 is 10.0 Å². The fourth-order valence-corrected chi connectivity index (χ4v) is 4.73. The molecule has 130 valence electrons. The Hall–Kier alpha value is -2.00. The molecule has 0 aromatic carbocycles. The molecular weight excluding hydrogens is 330 g/mol. The first-order valence-electron chi connectivity index (χ1n) is 7.83. The van der Waals surface area contributed by atoms with Gasteiger partial charge in [-0.15, -0.1) is 5.10 Å². The van der Waals surface area contributed by atoms with Crippen molar-refractivity contribution in [3.8, 4) is 5.88 Å². The molecule has 1 fully saturated rings. The van der Waals surface area contributed by atoms with E-state index in [2.05, 4.69) is 20.4 Å². The SMILES string of the molecule is Cc1ccc(OCC2CCN(S(=O)(=O)c3c(C)n[nH]c3C)C2)nn1. The van der Waals surface area contributed by atoms with Crippen LogP contribution < -0.4 is 4.74 Å². The predicted octanol–water partition coefficient (Wildman–Crippen LogP) is 1.21. The minimum atomic E-state index is -3.52. The Morgan fingerprint density at radius 3 is 2.71 bits per heavy atom. The van der Waals surface area contributed by atoms with Crippen LogP contribution in [0.4, 0.5) is 0 Å². The van der Waals surface area contributed by atoms with Gasteiger partial charge in [0.25, 0.3) is 0 Å². The molecule has 0 saturated carbocycles. The second-order valence-electron chi connectivity index (χ2n) is 6.10. The highest BCUT2D eigenvalue weighted by Crippen LogP contribution is 2.27. The number of nitrogens with one attached hydrogen (secondary N) is 1. The van der Waals surface area contributed by atoms with Gasteiger partial charge in [0.1, 0.15) is 4.90 Å². The molecule has 8 nitrogen and oxygen atoms in total. The van der Waals surface area contributed by atoms with E-state index in [1.165, 1.54) is 4.31 Å². The number of sulfonamides is 1. The molecule has 2 aromatic heterocycles. The van der Waals surface area contributed by atoms with Crippen LogP contribution in [0.3, 0.4) is 0 Å². The zero-order chi connectivity index (χ0) is 17.3. The molecule has 0 amide bonds. The predicted molar refractivity (Wildman–Crippen MR) is 87.2 cm³/mol. The smallest absolute Gasteiger partial charge is 0.246 e. The zero-order valence-corrected chi connectivity index (χ0v) is 14.8. The van der Waals surface area contributed by atoms with Crippen LogP contribution in [0.2, 0.25) is 0 Å². The van der Waals surface area contributed by atoms with E-state index < -0.39 is 10.0 Å². The number of H-pyrrole nitrogens is 1. The van der Waals surface area contributed by atoms with Gasteiger partial charge in [0, 0.05) is 25.1 Å². The Morgan fingerprint density at radius 1 is 1.29 bits per heavy atom. The lowest BCUT2D eigenvalue weighted by Crippen LogP contribution is -2.30. The molecule has 1 aliphatic heterocycles. The van der Waals surface area contributed by atoms with Crippen LogP contribution >= 0.6 is 0 Å². The van der Waals surface area contributed by atoms with Crippen LogP contribution in [0.15, 0.2) is 17.0 Å². The minimum Gasteiger partial charge on any atom is -0.476 e. The van der Waals surface area contributed by atoms with Crippen LogP contribution in [0, 0.1) is 26.7 Å². The second kappa shape index (κ2) is 6.48. The highest BCUT2D eigenvalue weighted by molar-refractivity contribution is 7.89. The number of nitrogens with zero attached hydrogens (tertiary/aromatic N) is 4. The van der Waals surface area contributed by atoms with Gasteiger partial charge in [-0.1, -0.05) is 0 Å². The first-order chi connectivity index (χ1) is 11.4. The molecule has 0 bridgehead atoms. The van der Waals surface area contributed by atoms with Crippen molar-refractivity contribution in [2.45, 2.75) is 32.1 Å². The average Bonchev–Trinajstić information content (AvgIpc) is 3.14. The highest BCUT2D eigenvalue weighted by atomic mass is 32.2. The summed E-state index contributed by atoms with van der Waals surface area (Å²) < 4.78 is 32.7. The van der Waals surface area contributed by atoms with Crippen LogP contribution in [0.25, 0.3) is 0 Å². The molecule has 2 aromatic rings. The average molecular weight is 351 g/mol. The van der Waals surface area contributed by atoms with Crippen molar-refractivity contribution in [1.82, 2.24) is 24.7 Å². The summed E-state index contributed by atoms with van der Waals surface area (Å²) in [5.74, 6) is 0.596. The summed E-state index contributed by atoms with van der Waals surface area (Å²) in [5.41, 5.74) is 1.90. The Kier molecular flexibility index (Phi) is 4.55. The normalized spacial score (nSPS) is 18.9. The van der Waals surface area contributed by atoms with Crippen LogP contribution in [-0.4, -0.2) is 52.8 Å². The van der Waals surface area contributed by atoms with Gasteiger partial charge in [0.15, 0.2) is 0 Å². The third kappa shape index (κ3) is 3.27. The Bertz CT molecular complexity index is 797. The molecule has 1 saturated heterocycles. The number of aromatic nitrogens is 4. The molecule has 3 heterocycles. The van der Waals surface area contributed by atoms with E-state index in [4.69, 9.17) is 4.74 Å². The molecule has 3 rings (SSSR count).